The summed E-state index contributed by atoms with van der Waals surface area (Å²) in [6, 6.07) is 2.08. The molecule has 2 heterocycles. The van der Waals surface area contributed by atoms with Gasteiger partial charge in [-0.25, -0.2) is 0 Å². The minimum Gasteiger partial charge on any atom is -0.481 e. The highest BCUT2D eigenvalue weighted by atomic mass is 127. The van der Waals surface area contributed by atoms with Gasteiger partial charge in [-0.2, -0.15) is 0 Å². The summed E-state index contributed by atoms with van der Waals surface area (Å²) in [5, 5.41) is 14.2. The molecule has 76 valence electrons. The van der Waals surface area contributed by atoms with Crippen molar-refractivity contribution in [3.8, 4) is 0 Å². The molecule has 1 aromatic heterocycles. The molecule has 1 aliphatic rings. The first-order chi connectivity index (χ1) is 6.68. The van der Waals surface area contributed by atoms with Crippen molar-refractivity contribution in [2.24, 2.45) is 5.92 Å². The molecule has 0 radical (unpaired) electrons. The van der Waals surface area contributed by atoms with Crippen LogP contribution in [0.4, 0.5) is 0 Å². The SMILES string of the molecule is O=C(O)C1CNCC1c1csc(I)c1. The van der Waals surface area contributed by atoms with Crippen LogP contribution in [-0.4, -0.2) is 24.2 Å². The average Bonchev–Trinajstić information content (AvgIpc) is 2.70. The minimum atomic E-state index is -0.693. The lowest BCUT2D eigenvalue weighted by atomic mass is 9.91. The zero-order chi connectivity index (χ0) is 10.1. The Morgan fingerprint density at radius 3 is 3.00 bits per heavy atom. The molecule has 1 fully saturated rings. The van der Waals surface area contributed by atoms with Crippen LogP contribution in [-0.2, 0) is 4.79 Å². The quantitative estimate of drug-likeness (QED) is 0.815. The molecule has 0 bridgehead atoms. The molecule has 14 heavy (non-hydrogen) atoms. The number of hydrogen-bond donors (Lipinski definition) is 2. The highest BCUT2D eigenvalue weighted by molar-refractivity contribution is 14.1. The van der Waals surface area contributed by atoms with Gasteiger partial charge >= 0.3 is 5.97 Å². The fraction of sp³-hybridized carbons (Fsp3) is 0.444. The lowest BCUT2D eigenvalue weighted by molar-refractivity contribution is -0.141. The van der Waals surface area contributed by atoms with Crippen LogP contribution < -0.4 is 5.32 Å². The molecule has 5 heteroatoms. The molecule has 2 atom stereocenters. The molecule has 0 spiro atoms. The van der Waals surface area contributed by atoms with Crippen molar-refractivity contribution in [1.29, 1.82) is 0 Å². The Kier molecular flexibility index (Phi) is 3.08. The largest absolute Gasteiger partial charge is 0.481 e. The van der Waals surface area contributed by atoms with E-state index >= 15 is 0 Å². The molecule has 1 aromatic rings. The van der Waals surface area contributed by atoms with Crippen molar-refractivity contribution in [3.63, 3.8) is 0 Å². The number of aliphatic carboxylic acids is 1. The van der Waals surface area contributed by atoms with Crippen molar-refractivity contribution in [1.82, 2.24) is 5.32 Å². The van der Waals surface area contributed by atoms with Crippen LogP contribution in [0.5, 0.6) is 0 Å². The average molecular weight is 323 g/mol. The zero-order valence-electron chi connectivity index (χ0n) is 7.37. The van der Waals surface area contributed by atoms with E-state index in [0.29, 0.717) is 6.54 Å². The summed E-state index contributed by atoms with van der Waals surface area (Å²) in [4.78, 5) is 11.0. The molecule has 0 aromatic carbocycles. The summed E-state index contributed by atoms with van der Waals surface area (Å²) in [7, 11) is 0. The summed E-state index contributed by atoms with van der Waals surface area (Å²) in [6.45, 7) is 1.37. The van der Waals surface area contributed by atoms with E-state index in [1.807, 2.05) is 0 Å². The molecule has 1 aliphatic heterocycles. The van der Waals surface area contributed by atoms with Crippen LogP contribution in [0.3, 0.4) is 0 Å². The van der Waals surface area contributed by atoms with Gasteiger partial charge in [0, 0.05) is 19.0 Å². The second-order valence-corrected chi connectivity index (χ2v) is 6.20. The highest BCUT2D eigenvalue weighted by Gasteiger charge is 2.34. The van der Waals surface area contributed by atoms with Gasteiger partial charge in [-0.05, 0) is 39.6 Å². The van der Waals surface area contributed by atoms with Gasteiger partial charge in [-0.15, -0.1) is 11.3 Å². The first-order valence-corrected chi connectivity index (χ1v) is 6.32. The molecule has 0 aliphatic carbocycles. The predicted octanol–water partition coefficient (Wildman–Crippen LogP) is 1.74. The van der Waals surface area contributed by atoms with Crippen LogP contribution in [0.1, 0.15) is 11.5 Å². The Labute approximate surface area is 99.7 Å². The topological polar surface area (TPSA) is 49.3 Å². The standard InChI is InChI=1S/C9H10INO2S/c10-8-1-5(4-14-8)6-2-11-3-7(6)9(12)13/h1,4,6-7,11H,2-3H2,(H,12,13). The third kappa shape index (κ3) is 1.94. The number of carboxylic acids is 1. The monoisotopic (exact) mass is 323 g/mol. The lowest BCUT2D eigenvalue weighted by Gasteiger charge is -2.12. The van der Waals surface area contributed by atoms with E-state index in [1.54, 1.807) is 11.3 Å². The van der Waals surface area contributed by atoms with Crippen LogP contribution in [0.2, 0.25) is 0 Å². The third-order valence-electron chi connectivity index (χ3n) is 2.55. The summed E-state index contributed by atoms with van der Waals surface area (Å²) in [6.07, 6.45) is 0. The fourth-order valence-electron chi connectivity index (χ4n) is 1.81. The van der Waals surface area contributed by atoms with Gasteiger partial charge in [0.05, 0.1) is 8.80 Å². The number of hydrogen-bond acceptors (Lipinski definition) is 3. The van der Waals surface area contributed by atoms with Gasteiger partial charge in [0.1, 0.15) is 0 Å². The van der Waals surface area contributed by atoms with E-state index in [0.717, 1.165) is 12.1 Å². The van der Waals surface area contributed by atoms with Gasteiger partial charge in [-0.3, -0.25) is 4.79 Å². The van der Waals surface area contributed by atoms with Crippen molar-refractivity contribution in [2.75, 3.05) is 13.1 Å². The van der Waals surface area contributed by atoms with Gasteiger partial charge in [0.2, 0.25) is 0 Å². The molecule has 0 amide bonds. The maximum atomic E-state index is 11.0. The van der Waals surface area contributed by atoms with Gasteiger partial charge in [0.25, 0.3) is 0 Å². The molecular weight excluding hydrogens is 313 g/mol. The Bertz CT molecular complexity index is 352. The molecular formula is C9H10INO2S. The Balaban J connectivity index is 2.21. The molecule has 1 saturated heterocycles. The molecule has 3 nitrogen and oxygen atoms in total. The van der Waals surface area contributed by atoms with E-state index in [2.05, 4.69) is 39.4 Å². The predicted molar refractivity (Wildman–Crippen MR) is 63.8 cm³/mol. The molecule has 0 saturated carbocycles. The molecule has 2 N–H and O–H groups in total. The number of carbonyl (C=O) groups is 1. The summed E-state index contributed by atoms with van der Waals surface area (Å²) in [5.74, 6) is -0.811. The van der Waals surface area contributed by atoms with Crippen molar-refractivity contribution in [3.05, 3.63) is 19.9 Å². The molecule has 2 unspecified atom stereocenters. The Hall–Kier alpha value is -0.140. The van der Waals surface area contributed by atoms with Crippen molar-refractivity contribution < 1.29 is 9.90 Å². The number of carboxylic acid groups (broad SMARTS) is 1. The van der Waals surface area contributed by atoms with E-state index in [1.165, 1.54) is 2.88 Å². The maximum absolute atomic E-state index is 11.0. The number of thiophene rings is 1. The molecule has 2 rings (SSSR count). The summed E-state index contributed by atoms with van der Waals surface area (Å²) < 4.78 is 1.22. The van der Waals surface area contributed by atoms with Gasteiger partial charge in [-0.1, -0.05) is 0 Å². The van der Waals surface area contributed by atoms with Crippen LogP contribution in [0, 0.1) is 8.80 Å². The number of halogens is 1. The Morgan fingerprint density at radius 2 is 2.43 bits per heavy atom. The van der Waals surface area contributed by atoms with Gasteiger partial charge in [0.15, 0.2) is 0 Å². The zero-order valence-corrected chi connectivity index (χ0v) is 10.3. The van der Waals surface area contributed by atoms with E-state index < -0.39 is 5.97 Å². The van der Waals surface area contributed by atoms with E-state index in [4.69, 9.17) is 5.11 Å². The highest BCUT2D eigenvalue weighted by Crippen LogP contribution is 2.31. The second-order valence-electron chi connectivity index (χ2n) is 3.39. The lowest BCUT2D eigenvalue weighted by Crippen LogP contribution is -2.20. The van der Waals surface area contributed by atoms with E-state index in [-0.39, 0.29) is 11.8 Å². The first-order valence-electron chi connectivity index (χ1n) is 4.36. The van der Waals surface area contributed by atoms with Crippen molar-refractivity contribution in [2.45, 2.75) is 5.92 Å². The minimum absolute atomic E-state index is 0.146. The second kappa shape index (κ2) is 4.16. The van der Waals surface area contributed by atoms with E-state index in [9.17, 15) is 4.79 Å². The number of rotatable bonds is 2. The van der Waals surface area contributed by atoms with Crippen molar-refractivity contribution >= 4 is 39.9 Å². The van der Waals surface area contributed by atoms with Crippen LogP contribution in [0.15, 0.2) is 11.4 Å². The summed E-state index contributed by atoms with van der Waals surface area (Å²) in [5.41, 5.74) is 1.16. The van der Waals surface area contributed by atoms with Gasteiger partial charge < -0.3 is 10.4 Å². The first kappa shape index (κ1) is 10.4. The fourth-order valence-corrected chi connectivity index (χ4v) is 3.24. The summed E-state index contributed by atoms with van der Waals surface area (Å²) >= 11 is 3.93. The van der Waals surface area contributed by atoms with Crippen LogP contribution in [0.25, 0.3) is 0 Å². The normalized spacial score (nSPS) is 26.6. The maximum Gasteiger partial charge on any atom is 0.308 e. The third-order valence-corrected chi connectivity index (χ3v) is 4.35. The number of nitrogens with one attached hydrogen (secondary N) is 1. The smallest absolute Gasteiger partial charge is 0.308 e. The Morgan fingerprint density at radius 1 is 1.64 bits per heavy atom. The van der Waals surface area contributed by atoms with Crippen LogP contribution >= 0.6 is 33.9 Å².